The van der Waals surface area contributed by atoms with Crippen LogP contribution in [0, 0.1) is 0 Å². The Labute approximate surface area is 109 Å². The molecule has 1 aromatic carbocycles. The summed E-state index contributed by atoms with van der Waals surface area (Å²) in [4.78, 5) is 14.7. The van der Waals surface area contributed by atoms with Crippen molar-refractivity contribution in [3.8, 4) is 0 Å². The quantitative estimate of drug-likeness (QED) is 0.604. The number of halogens is 1. The van der Waals surface area contributed by atoms with Gasteiger partial charge in [0.15, 0.2) is 0 Å². The van der Waals surface area contributed by atoms with Gasteiger partial charge in [0.05, 0.1) is 5.54 Å². The van der Waals surface area contributed by atoms with Gasteiger partial charge in [-0.15, -0.1) is 0 Å². The van der Waals surface area contributed by atoms with Gasteiger partial charge in [0, 0.05) is 4.47 Å². The van der Waals surface area contributed by atoms with Crippen LogP contribution in [0.2, 0.25) is 0 Å². The van der Waals surface area contributed by atoms with Crippen molar-refractivity contribution in [3.05, 3.63) is 33.3 Å². The van der Waals surface area contributed by atoms with Gasteiger partial charge in [-0.1, -0.05) is 22.0 Å². The zero-order valence-electron chi connectivity index (χ0n) is 9.63. The van der Waals surface area contributed by atoms with Gasteiger partial charge in [-0.25, -0.2) is 4.79 Å². The van der Waals surface area contributed by atoms with E-state index in [0.717, 1.165) is 25.7 Å². The molecule has 17 heavy (non-hydrogen) atoms. The molecule has 0 aromatic heterocycles. The molecule has 0 amide bonds. The molecule has 3 rings (SSSR count). The van der Waals surface area contributed by atoms with E-state index in [2.05, 4.69) is 33.1 Å². The lowest BCUT2D eigenvalue weighted by Crippen LogP contribution is -2.32. The maximum Gasteiger partial charge on any atom is 0.235 e. The van der Waals surface area contributed by atoms with E-state index in [0.29, 0.717) is 0 Å². The zero-order valence-corrected chi connectivity index (χ0v) is 11.2. The maximum atomic E-state index is 10.6. The number of benzene rings is 1. The molecule has 0 unspecified atom stereocenters. The first kappa shape index (κ1) is 11.2. The summed E-state index contributed by atoms with van der Waals surface area (Å²) in [5.74, 6) is 0. The van der Waals surface area contributed by atoms with Gasteiger partial charge < -0.3 is 0 Å². The van der Waals surface area contributed by atoms with Crippen LogP contribution in [0.3, 0.4) is 0 Å². The van der Waals surface area contributed by atoms with E-state index >= 15 is 0 Å². The Balaban J connectivity index is 2.09. The smallest absolute Gasteiger partial charge is 0.211 e. The first-order valence-corrected chi connectivity index (χ1v) is 6.95. The third-order valence-corrected chi connectivity index (χ3v) is 4.85. The number of hydrogen-bond acceptors (Lipinski definition) is 2. The Kier molecular flexibility index (Phi) is 2.68. The molecule has 0 N–H and O–H groups in total. The first-order valence-electron chi connectivity index (χ1n) is 6.16. The van der Waals surface area contributed by atoms with Gasteiger partial charge in [-0.05, 0) is 61.3 Å². The van der Waals surface area contributed by atoms with Crippen LogP contribution in [0.5, 0.6) is 0 Å². The number of isocyanates is 1. The van der Waals surface area contributed by atoms with Crippen LogP contribution >= 0.6 is 15.9 Å². The van der Waals surface area contributed by atoms with E-state index in [9.17, 15) is 4.79 Å². The van der Waals surface area contributed by atoms with Crippen molar-refractivity contribution in [2.24, 2.45) is 4.99 Å². The summed E-state index contributed by atoms with van der Waals surface area (Å²) < 4.78 is 1.19. The SMILES string of the molecule is O=C=NC1(c2cc(Br)c3c(c2)CCC3)CCC1. The number of carbonyl (C=O) groups excluding carboxylic acids is 1. The normalized spacial score (nSPS) is 20.3. The van der Waals surface area contributed by atoms with Gasteiger partial charge in [0.2, 0.25) is 6.08 Å². The fourth-order valence-electron chi connectivity index (χ4n) is 2.98. The molecule has 0 heterocycles. The van der Waals surface area contributed by atoms with E-state index in [1.165, 1.54) is 34.0 Å². The van der Waals surface area contributed by atoms with Crippen molar-refractivity contribution in [1.29, 1.82) is 0 Å². The molecule has 0 radical (unpaired) electrons. The van der Waals surface area contributed by atoms with E-state index in [-0.39, 0.29) is 5.54 Å². The van der Waals surface area contributed by atoms with E-state index in [1.807, 2.05) is 0 Å². The van der Waals surface area contributed by atoms with Crippen LogP contribution in [0.1, 0.15) is 42.4 Å². The summed E-state index contributed by atoms with van der Waals surface area (Å²) in [6, 6.07) is 4.41. The van der Waals surface area contributed by atoms with Crippen molar-refractivity contribution in [2.45, 2.75) is 44.1 Å². The predicted octanol–water partition coefficient (Wildman–Crippen LogP) is 3.65. The molecule has 1 saturated carbocycles. The molecule has 1 aromatic rings. The van der Waals surface area contributed by atoms with Crippen LogP contribution in [0.15, 0.2) is 21.6 Å². The minimum atomic E-state index is -0.262. The lowest BCUT2D eigenvalue weighted by molar-refractivity contribution is 0.255. The molecule has 88 valence electrons. The molecule has 2 nitrogen and oxygen atoms in total. The fraction of sp³-hybridized carbons (Fsp3) is 0.500. The number of aryl methyl sites for hydroxylation is 1. The van der Waals surface area contributed by atoms with E-state index in [1.54, 1.807) is 6.08 Å². The number of aliphatic imine (C=N–C) groups is 1. The lowest BCUT2D eigenvalue weighted by atomic mass is 9.72. The molecule has 0 atom stereocenters. The molecule has 0 aliphatic heterocycles. The van der Waals surface area contributed by atoms with Crippen LogP contribution in [-0.4, -0.2) is 6.08 Å². The molecule has 2 aliphatic rings. The highest BCUT2D eigenvalue weighted by molar-refractivity contribution is 9.10. The predicted molar refractivity (Wildman–Crippen MR) is 69.8 cm³/mol. The number of nitrogens with zero attached hydrogens (tertiary/aromatic N) is 1. The topological polar surface area (TPSA) is 29.4 Å². The summed E-state index contributed by atoms with van der Waals surface area (Å²) in [7, 11) is 0. The lowest BCUT2D eigenvalue weighted by Gasteiger charge is -2.37. The Morgan fingerprint density at radius 2 is 2.06 bits per heavy atom. The van der Waals surface area contributed by atoms with Gasteiger partial charge >= 0.3 is 0 Å². The van der Waals surface area contributed by atoms with Crippen LogP contribution in [0.4, 0.5) is 0 Å². The van der Waals surface area contributed by atoms with Crippen molar-refractivity contribution in [3.63, 3.8) is 0 Å². The third-order valence-electron chi connectivity index (χ3n) is 4.14. The van der Waals surface area contributed by atoms with Crippen molar-refractivity contribution in [1.82, 2.24) is 0 Å². The van der Waals surface area contributed by atoms with Crippen molar-refractivity contribution in [2.75, 3.05) is 0 Å². The second-order valence-corrected chi connectivity index (χ2v) is 5.89. The number of fused-ring (bicyclic) bond motifs is 1. The summed E-state index contributed by atoms with van der Waals surface area (Å²) in [6.07, 6.45) is 8.43. The Morgan fingerprint density at radius 3 is 2.71 bits per heavy atom. The zero-order chi connectivity index (χ0) is 11.9. The average molecular weight is 292 g/mol. The van der Waals surface area contributed by atoms with Gasteiger partial charge in [0.1, 0.15) is 0 Å². The minimum Gasteiger partial charge on any atom is -0.211 e. The van der Waals surface area contributed by atoms with Crippen molar-refractivity contribution < 1.29 is 4.79 Å². The second kappa shape index (κ2) is 4.08. The summed E-state index contributed by atoms with van der Waals surface area (Å²) >= 11 is 3.65. The first-order chi connectivity index (χ1) is 8.25. The van der Waals surface area contributed by atoms with Gasteiger partial charge in [-0.2, -0.15) is 4.99 Å². The summed E-state index contributed by atoms with van der Waals surface area (Å²) in [6.45, 7) is 0. The van der Waals surface area contributed by atoms with Gasteiger partial charge in [0.25, 0.3) is 0 Å². The fourth-order valence-corrected chi connectivity index (χ4v) is 3.68. The van der Waals surface area contributed by atoms with Gasteiger partial charge in [-0.3, -0.25) is 0 Å². The molecule has 0 bridgehead atoms. The average Bonchev–Trinajstić information content (AvgIpc) is 2.71. The maximum absolute atomic E-state index is 10.6. The van der Waals surface area contributed by atoms with E-state index in [4.69, 9.17) is 0 Å². The standard InChI is InChI=1S/C14H14BrNO/c15-13-8-11(7-10-3-1-4-12(10)13)14(16-9-17)5-2-6-14/h7-8H,1-6H2. The highest BCUT2D eigenvalue weighted by atomic mass is 79.9. The Morgan fingerprint density at radius 1 is 1.24 bits per heavy atom. The third kappa shape index (κ3) is 1.69. The molecule has 2 aliphatic carbocycles. The Bertz CT molecular complexity index is 513. The molecule has 1 fully saturated rings. The molecular weight excluding hydrogens is 278 g/mol. The second-order valence-electron chi connectivity index (χ2n) is 5.04. The monoisotopic (exact) mass is 291 g/mol. The molecule has 0 saturated heterocycles. The minimum absolute atomic E-state index is 0.262. The van der Waals surface area contributed by atoms with Crippen LogP contribution in [0.25, 0.3) is 0 Å². The van der Waals surface area contributed by atoms with Crippen molar-refractivity contribution >= 4 is 22.0 Å². The molecule has 3 heteroatoms. The Hall–Kier alpha value is -0.920. The molecular formula is C14H14BrNO. The number of rotatable bonds is 2. The highest BCUT2D eigenvalue weighted by Crippen LogP contribution is 2.46. The van der Waals surface area contributed by atoms with Crippen LogP contribution < -0.4 is 0 Å². The summed E-state index contributed by atoms with van der Waals surface area (Å²) in [5.41, 5.74) is 3.81. The largest absolute Gasteiger partial charge is 0.235 e. The number of hydrogen-bond donors (Lipinski definition) is 0. The van der Waals surface area contributed by atoms with E-state index < -0.39 is 0 Å². The molecule has 0 spiro atoms. The summed E-state index contributed by atoms with van der Waals surface area (Å²) in [5, 5.41) is 0. The highest BCUT2D eigenvalue weighted by Gasteiger charge is 2.39. The van der Waals surface area contributed by atoms with Crippen LogP contribution in [-0.2, 0) is 23.2 Å².